The molecule has 1 aromatic carbocycles. The lowest BCUT2D eigenvalue weighted by atomic mass is 9.82. The van der Waals surface area contributed by atoms with Gasteiger partial charge in [-0.05, 0) is 36.4 Å². The Morgan fingerprint density at radius 1 is 1.25 bits per heavy atom. The summed E-state index contributed by atoms with van der Waals surface area (Å²) in [6.07, 6.45) is 1.73. The SMILES string of the molecule is CCCNC(Cc1ccccc1F)C(OC)C(C)(C)C. The first kappa shape index (κ1) is 17.1. The minimum absolute atomic E-state index is 0.00537. The van der Waals surface area contributed by atoms with E-state index in [1.165, 1.54) is 6.07 Å². The molecule has 2 unspecified atom stereocenters. The van der Waals surface area contributed by atoms with E-state index in [1.807, 2.05) is 12.1 Å². The maximum atomic E-state index is 13.9. The highest BCUT2D eigenvalue weighted by Gasteiger charge is 2.32. The van der Waals surface area contributed by atoms with Gasteiger partial charge in [0.05, 0.1) is 6.10 Å². The molecule has 0 radical (unpaired) electrons. The van der Waals surface area contributed by atoms with E-state index < -0.39 is 0 Å². The summed E-state index contributed by atoms with van der Waals surface area (Å²) in [5, 5.41) is 3.51. The van der Waals surface area contributed by atoms with Gasteiger partial charge in [0.2, 0.25) is 0 Å². The van der Waals surface area contributed by atoms with E-state index in [0.29, 0.717) is 6.42 Å². The van der Waals surface area contributed by atoms with E-state index >= 15 is 0 Å². The molecule has 0 spiro atoms. The van der Waals surface area contributed by atoms with Gasteiger partial charge in [-0.15, -0.1) is 0 Å². The predicted octanol–water partition coefficient (Wildman–Crippen LogP) is 3.80. The summed E-state index contributed by atoms with van der Waals surface area (Å²) in [6.45, 7) is 9.51. The average molecular weight is 281 g/mol. The first-order valence-corrected chi connectivity index (χ1v) is 7.39. The van der Waals surface area contributed by atoms with Gasteiger partial charge in [0.1, 0.15) is 5.82 Å². The van der Waals surface area contributed by atoms with Crippen LogP contribution >= 0.6 is 0 Å². The number of benzene rings is 1. The van der Waals surface area contributed by atoms with E-state index in [0.717, 1.165) is 18.5 Å². The maximum Gasteiger partial charge on any atom is 0.126 e. The van der Waals surface area contributed by atoms with Crippen LogP contribution in [0.1, 0.15) is 39.7 Å². The molecule has 3 heteroatoms. The Kier molecular flexibility index (Phi) is 6.63. The second-order valence-corrected chi connectivity index (χ2v) is 6.38. The Hall–Kier alpha value is -0.930. The zero-order valence-electron chi connectivity index (χ0n) is 13.4. The fourth-order valence-corrected chi connectivity index (χ4v) is 2.64. The van der Waals surface area contributed by atoms with Gasteiger partial charge in [0.15, 0.2) is 0 Å². The lowest BCUT2D eigenvalue weighted by Gasteiger charge is -2.36. The fraction of sp³-hybridized carbons (Fsp3) is 0.647. The molecule has 1 rings (SSSR count). The summed E-state index contributed by atoms with van der Waals surface area (Å²) in [7, 11) is 1.73. The van der Waals surface area contributed by atoms with Crippen molar-refractivity contribution in [1.29, 1.82) is 0 Å². The minimum atomic E-state index is -0.139. The lowest BCUT2D eigenvalue weighted by Crippen LogP contribution is -2.49. The number of hydrogen-bond donors (Lipinski definition) is 1. The molecule has 114 valence electrons. The van der Waals surface area contributed by atoms with Crippen LogP contribution in [-0.4, -0.2) is 25.8 Å². The van der Waals surface area contributed by atoms with E-state index in [2.05, 4.69) is 33.0 Å². The number of rotatable bonds is 7. The Balaban J connectivity index is 2.91. The zero-order chi connectivity index (χ0) is 15.2. The fourth-order valence-electron chi connectivity index (χ4n) is 2.64. The summed E-state index contributed by atoms with van der Waals surface area (Å²) >= 11 is 0. The van der Waals surface area contributed by atoms with Crippen LogP contribution in [0.15, 0.2) is 24.3 Å². The molecule has 0 amide bonds. The number of halogens is 1. The first-order chi connectivity index (χ1) is 9.40. The standard InChI is InChI=1S/C17H28FNO/c1-6-11-19-15(16(20-5)17(2,3)4)12-13-9-7-8-10-14(13)18/h7-10,15-16,19H,6,11-12H2,1-5H3. The van der Waals surface area contributed by atoms with Crippen molar-refractivity contribution in [3.63, 3.8) is 0 Å². The van der Waals surface area contributed by atoms with Crippen LogP contribution in [0.5, 0.6) is 0 Å². The molecule has 2 atom stereocenters. The summed E-state index contributed by atoms with van der Waals surface area (Å²) < 4.78 is 19.6. The van der Waals surface area contributed by atoms with Gasteiger partial charge in [-0.3, -0.25) is 0 Å². The van der Waals surface area contributed by atoms with Gasteiger partial charge >= 0.3 is 0 Å². The monoisotopic (exact) mass is 281 g/mol. The molecule has 1 aromatic rings. The predicted molar refractivity (Wildman–Crippen MR) is 82.4 cm³/mol. The quantitative estimate of drug-likeness (QED) is 0.821. The average Bonchev–Trinajstić information content (AvgIpc) is 2.37. The molecule has 2 nitrogen and oxygen atoms in total. The second-order valence-electron chi connectivity index (χ2n) is 6.38. The van der Waals surface area contributed by atoms with Crippen LogP contribution in [0.2, 0.25) is 0 Å². The minimum Gasteiger partial charge on any atom is -0.379 e. The molecule has 0 aliphatic heterocycles. The molecule has 0 saturated heterocycles. The van der Waals surface area contributed by atoms with Gasteiger partial charge in [-0.2, -0.15) is 0 Å². The maximum absolute atomic E-state index is 13.9. The largest absolute Gasteiger partial charge is 0.379 e. The molecule has 0 fully saturated rings. The molecule has 0 saturated carbocycles. The summed E-state index contributed by atoms with van der Waals surface area (Å²) in [5.41, 5.74) is 0.748. The van der Waals surface area contributed by atoms with Crippen molar-refractivity contribution >= 4 is 0 Å². The van der Waals surface area contributed by atoms with Crippen molar-refractivity contribution in [3.05, 3.63) is 35.6 Å². The van der Waals surface area contributed by atoms with Crippen molar-refractivity contribution < 1.29 is 9.13 Å². The smallest absolute Gasteiger partial charge is 0.126 e. The van der Waals surface area contributed by atoms with Crippen LogP contribution in [0.4, 0.5) is 4.39 Å². The van der Waals surface area contributed by atoms with Gasteiger partial charge < -0.3 is 10.1 Å². The van der Waals surface area contributed by atoms with Crippen LogP contribution in [0.3, 0.4) is 0 Å². The number of hydrogen-bond acceptors (Lipinski definition) is 2. The highest BCUT2D eigenvalue weighted by molar-refractivity contribution is 5.19. The molecule has 20 heavy (non-hydrogen) atoms. The first-order valence-electron chi connectivity index (χ1n) is 7.39. The van der Waals surface area contributed by atoms with E-state index in [4.69, 9.17) is 4.74 Å². The highest BCUT2D eigenvalue weighted by atomic mass is 19.1. The van der Waals surface area contributed by atoms with E-state index in [1.54, 1.807) is 13.2 Å². The molecular weight excluding hydrogens is 253 g/mol. The Bertz CT molecular complexity index is 400. The summed E-state index contributed by atoms with van der Waals surface area (Å²) in [5.74, 6) is -0.139. The lowest BCUT2D eigenvalue weighted by molar-refractivity contribution is -0.0111. The third-order valence-electron chi connectivity index (χ3n) is 3.53. The van der Waals surface area contributed by atoms with Gasteiger partial charge in [-0.1, -0.05) is 45.9 Å². The van der Waals surface area contributed by atoms with Crippen LogP contribution in [0.25, 0.3) is 0 Å². The van der Waals surface area contributed by atoms with Crippen molar-refractivity contribution in [2.24, 2.45) is 5.41 Å². The highest BCUT2D eigenvalue weighted by Crippen LogP contribution is 2.26. The number of nitrogens with one attached hydrogen (secondary N) is 1. The van der Waals surface area contributed by atoms with E-state index in [9.17, 15) is 4.39 Å². The summed E-state index contributed by atoms with van der Waals surface area (Å²) in [6, 6.07) is 7.09. The number of methoxy groups -OCH3 is 1. The van der Waals surface area contributed by atoms with Crippen molar-refractivity contribution in [2.45, 2.75) is 52.7 Å². The summed E-state index contributed by atoms with van der Waals surface area (Å²) in [4.78, 5) is 0. The number of ether oxygens (including phenoxy) is 1. The van der Waals surface area contributed by atoms with Crippen LogP contribution in [0, 0.1) is 11.2 Å². The van der Waals surface area contributed by atoms with Gasteiger partial charge in [-0.25, -0.2) is 4.39 Å². The zero-order valence-corrected chi connectivity index (χ0v) is 13.4. The van der Waals surface area contributed by atoms with Gasteiger partial charge in [0, 0.05) is 13.2 Å². The van der Waals surface area contributed by atoms with Crippen LogP contribution in [-0.2, 0) is 11.2 Å². The molecular formula is C17H28FNO. The van der Waals surface area contributed by atoms with Crippen molar-refractivity contribution in [3.8, 4) is 0 Å². The molecule has 0 heterocycles. The van der Waals surface area contributed by atoms with Gasteiger partial charge in [0.25, 0.3) is 0 Å². The third kappa shape index (κ3) is 4.88. The Morgan fingerprint density at radius 2 is 1.90 bits per heavy atom. The van der Waals surface area contributed by atoms with E-state index in [-0.39, 0.29) is 23.4 Å². The van der Waals surface area contributed by atoms with Crippen molar-refractivity contribution in [2.75, 3.05) is 13.7 Å². The molecule has 0 aliphatic rings. The molecule has 0 aromatic heterocycles. The van der Waals surface area contributed by atoms with Crippen LogP contribution < -0.4 is 5.32 Å². The molecule has 1 N–H and O–H groups in total. The third-order valence-corrected chi connectivity index (χ3v) is 3.53. The Labute approximate surface area is 122 Å². The second kappa shape index (κ2) is 7.75. The topological polar surface area (TPSA) is 21.3 Å². The van der Waals surface area contributed by atoms with Crippen molar-refractivity contribution in [1.82, 2.24) is 5.32 Å². The molecule has 0 bridgehead atoms. The normalized spacial score (nSPS) is 15.1. The molecule has 0 aliphatic carbocycles. The Morgan fingerprint density at radius 3 is 2.40 bits per heavy atom.